The molecule has 1 atom stereocenters. The highest BCUT2D eigenvalue weighted by Gasteiger charge is 2.17. The summed E-state index contributed by atoms with van der Waals surface area (Å²) in [5, 5.41) is 10.1. The monoisotopic (exact) mass is 374 g/mol. The Labute approximate surface area is 157 Å². The first-order valence-electron chi connectivity index (χ1n) is 8.79. The highest BCUT2D eigenvalue weighted by atomic mass is 35.5. The van der Waals surface area contributed by atoms with Crippen LogP contribution in [0.15, 0.2) is 36.4 Å². The Hall–Kier alpha value is -2.40. The third-order valence-electron chi connectivity index (χ3n) is 4.34. The Morgan fingerprint density at radius 1 is 1.19 bits per heavy atom. The Balaban J connectivity index is 1.88. The van der Waals surface area contributed by atoms with Crippen LogP contribution in [0.5, 0.6) is 17.5 Å². The van der Waals surface area contributed by atoms with Gasteiger partial charge in [-0.25, -0.2) is 0 Å². The number of unbranched alkanes of at least 4 members (excludes halogenated alkanes) is 2. The van der Waals surface area contributed by atoms with Gasteiger partial charge in [0.25, 0.3) is 6.01 Å². The molecule has 26 heavy (non-hydrogen) atoms. The number of methoxy groups -OCH3 is 1. The van der Waals surface area contributed by atoms with Crippen molar-refractivity contribution < 1.29 is 14.6 Å². The molecule has 0 amide bonds. The minimum Gasteiger partial charge on any atom is -0.497 e. The van der Waals surface area contributed by atoms with E-state index in [0.717, 1.165) is 42.3 Å². The molecule has 0 saturated heterocycles. The van der Waals surface area contributed by atoms with E-state index < -0.39 is 0 Å². The van der Waals surface area contributed by atoms with Gasteiger partial charge in [-0.15, -0.1) is 0 Å². The van der Waals surface area contributed by atoms with Gasteiger partial charge in [-0.2, -0.15) is 4.98 Å². The van der Waals surface area contributed by atoms with Crippen LogP contribution in [0.4, 0.5) is 0 Å². The van der Waals surface area contributed by atoms with Crippen molar-refractivity contribution in [3.8, 4) is 17.5 Å². The zero-order valence-corrected chi connectivity index (χ0v) is 15.7. The molecule has 0 radical (unpaired) electrons. The predicted octanol–water partition coefficient (Wildman–Crippen LogP) is 5.63. The van der Waals surface area contributed by atoms with Crippen LogP contribution in [0.2, 0.25) is 5.02 Å². The molecule has 2 aromatic carbocycles. The second-order valence-corrected chi connectivity index (χ2v) is 6.64. The zero-order chi connectivity index (χ0) is 18.5. The summed E-state index contributed by atoms with van der Waals surface area (Å²) in [6.45, 7) is 2.18. The van der Waals surface area contributed by atoms with Crippen molar-refractivity contribution in [2.24, 2.45) is 0 Å². The van der Waals surface area contributed by atoms with Crippen LogP contribution in [0.25, 0.3) is 11.0 Å². The lowest BCUT2D eigenvalue weighted by Gasteiger charge is -2.21. The number of H-pyrrole nitrogens is 1. The lowest BCUT2D eigenvalue weighted by molar-refractivity contribution is 0.191. The Morgan fingerprint density at radius 2 is 2.04 bits per heavy atom. The molecule has 0 aliphatic rings. The van der Waals surface area contributed by atoms with Gasteiger partial charge in [0, 0.05) is 6.07 Å². The molecule has 0 aliphatic heterocycles. The van der Waals surface area contributed by atoms with Crippen molar-refractivity contribution in [2.45, 2.75) is 38.7 Å². The lowest BCUT2D eigenvalue weighted by Crippen LogP contribution is -2.08. The summed E-state index contributed by atoms with van der Waals surface area (Å²) in [5.74, 6) is 1.32. The van der Waals surface area contributed by atoms with Crippen LogP contribution in [-0.4, -0.2) is 22.2 Å². The maximum atomic E-state index is 9.55. The lowest BCUT2D eigenvalue weighted by atomic mass is 10.0. The number of nitrogens with one attached hydrogen (secondary N) is 1. The number of aromatic hydroxyl groups is 1. The molecule has 6 heteroatoms. The fourth-order valence-corrected chi connectivity index (χ4v) is 3.16. The number of halogens is 1. The number of benzene rings is 2. The first kappa shape index (κ1) is 18.4. The maximum absolute atomic E-state index is 9.55. The number of fused-ring (bicyclic) bond motifs is 1. The number of hydrogen-bond donors (Lipinski definition) is 2. The van der Waals surface area contributed by atoms with E-state index in [1.54, 1.807) is 13.2 Å². The molecule has 3 rings (SSSR count). The SMILES string of the molecule is CCCCCC(Oc1ccc(OC)cc1Cl)c1ccc2nc(O)[nH]c2c1. The van der Waals surface area contributed by atoms with Crippen LogP contribution >= 0.6 is 11.6 Å². The number of aromatic nitrogens is 2. The topological polar surface area (TPSA) is 67.4 Å². The summed E-state index contributed by atoms with van der Waals surface area (Å²) in [6, 6.07) is 11.2. The molecule has 1 aromatic heterocycles. The van der Waals surface area contributed by atoms with Crippen LogP contribution in [0.1, 0.15) is 44.3 Å². The third kappa shape index (κ3) is 4.22. The zero-order valence-electron chi connectivity index (χ0n) is 15.0. The second-order valence-electron chi connectivity index (χ2n) is 6.24. The molecule has 3 aromatic rings. The van der Waals surface area contributed by atoms with E-state index in [0.29, 0.717) is 16.5 Å². The van der Waals surface area contributed by atoms with Crippen LogP contribution < -0.4 is 9.47 Å². The Bertz CT molecular complexity index is 879. The van der Waals surface area contributed by atoms with E-state index in [-0.39, 0.29) is 12.1 Å². The van der Waals surface area contributed by atoms with Gasteiger partial charge in [0.2, 0.25) is 0 Å². The molecular weight excluding hydrogens is 352 g/mol. The minimum absolute atomic E-state index is 0.0844. The number of rotatable bonds is 8. The van der Waals surface area contributed by atoms with Gasteiger partial charge in [0.05, 0.1) is 23.2 Å². The predicted molar refractivity (Wildman–Crippen MR) is 103 cm³/mol. The van der Waals surface area contributed by atoms with Gasteiger partial charge in [-0.1, -0.05) is 37.4 Å². The fourth-order valence-electron chi connectivity index (χ4n) is 2.94. The van der Waals surface area contributed by atoms with E-state index >= 15 is 0 Å². The van der Waals surface area contributed by atoms with Crippen LogP contribution in [0, 0.1) is 0 Å². The van der Waals surface area contributed by atoms with Gasteiger partial charge >= 0.3 is 0 Å². The molecule has 138 valence electrons. The highest BCUT2D eigenvalue weighted by molar-refractivity contribution is 6.32. The van der Waals surface area contributed by atoms with Crippen molar-refractivity contribution in [1.82, 2.24) is 9.97 Å². The van der Waals surface area contributed by atoms with Gasteiger partial charge in [0.1, 0.15) is 17.6 Å². The van der Waals surface area contributed by atoms with Crippen molar-refractivity contribution in [2.75, 3.05) is 7.11 Å². The summed E-state index contributed by atoms with van der Waals surface area (Å²) in [6.07, 6.45) is 4.08. The molecular formula is C20H23ClN2O3. The molecule has 0 spiro atoms. The molecule has 0 bridgehead atoms. The van der Waals surface area contributed by atoms with E-state index in [4.69, 9.17) is 21.1 Å². The molecule has 1 heterocycles. The van der Waals surface area contributed by atoms with Crippen molar-refractivity contribution in [3.05, 3.63) is 47.0 Å². The van der Waals surface area contributed by atoms with Crippen molar-refractivity contribution in [3.63, 3.8) is 0 Å². The van der Waals surface area contributed by atoms with Crippen molar-refractivity contribution >= 4 is 22.6 Å². The van der Waals surface area contributed by atoms with E-state index in [2.05, 4.69) is 16.9 Å². The summed E-state index contributed by atoms with van der Waals surface area (Å²) < 4.78 is 11.4. The highest BCUT2D eigenvalue weighted by Crippen LogP contribution is 2.34. The number of ether oxygens (including phenoxy) is 2. The smallest absolute Gasteiger partial charge is 0.292 e. The van der Waals surface area contributed by atoms with Gasteiger partial charge < -0.3 is 19.6 Å². The Kier molecular flexibility index (Phi) is 5.89. The third-order valence-corrected chi connectivity index (χ3v) is 4.64. The standard InChI is InChI=1S/C20H23ClN2O3/c1-3-4-5-6-18(26-19-10-8-14(25-2)12-15(19)21)13-7-9-16-17(11-13)23-20(24)22-16/h7-12,18H,3-6H2,1-2H3,(H2,22,23,24). The molecule has 0 fully saturated rings. The minimum atomic E-state index is -0.137. The molecule has 0 aliphatic carbocycles. The average Bonchev–Trinajstić information content (AvgIpc) is 3.01. The molecule has 2 N–H and O–H groups in total. The number of hydrogen-bond acceptors (Lipinski definition) is 4. The van der Waals surface area contributed by atoms with Crippen LogP contribution in [0.3, 0.4) is 0 Å². The quantitative estimate of drug-likeness (QED) is 0.501. The second kappa shape index (κ2) is 8.32. The maximum Gasteiger partial charge on any atom is 0.292 e. The van der Waals surface area contributed by atoms with E-state index in [1.807, 2.05) is 30.3 Å². The van der Waals surface area contributed by atoms with Crippen molar-refractivity contribution in [1.29, 1.82) is 0 Å². The molecule has 0 saturated carbocycles. The summed E-state index contributed by atoms with van der Waals surface area (Å²) in [4.78, 5) is 6.89. The van der Waals surface area contributed by atoms with Gasteiger partial charge in [-0.05, 0) is 42.7 Å². The summed E-state index contributed by atoms with van der Waals surface area (Å²) in [5.41, 5.74) is 2.52. The normalized spacial score (nSPS) is 12.3. The van der Waals surface area contributed by atoms with E-state index in [9.17, 15) is 5.11 Å². The molecule has 1 unspecified atom stereocenters. The van der Waals surface area contributed by atoms with E-state index in [1.165, 1.54) is 0 Å². The average molecular weight is 375 g/mol. The number of aromatic amines is 1. The largest absolute Gasteiger partial charge is 0.497 e. The summed E-state index contributed by atoms with van der Waals surface area (Å²) >= 11 is 6.35. The van der Waals surface area contributed by atoms with Gasteiger partial charge in [-0.3, -0.25) is 0 Å². The first-order valence-corrected chi connectivity index (χ1v) is 9.17. The summed E-state index contributed by atoms with van der Waals surface area (Å²) in [7, 11) is 1.61. The fraction of sp³-hybridized carbons (Fsp3) is 0.350. The number of imidazole rings is 1. The van der Waals surface area contributed by atoms with Gasteiger partial charge in [0.15, 0.2) is 0 Å². The first-order chi connectivity index (χ1) is 12.6. The number of nitrogens with zero attached hydrogens (tertiary/aromatic N) is 1. The Morgan fingerprint density at radius 3 is 2.77 bits per heavy atom. The molecule has 5 nitrogen and oxygen atoms in total. The van der Waals surface area contributed by atoms with Crippen LogP contribution in [-0.2, 0) is 0 Å².